The Morgan fingerprint density at radius 2 is 1.92 bits per heavy atom. The molecule has 140 valence electrons. The fourth-order valence-corrected chi connectivity index (χ4v) is 3.83. The number of rotatable bonds is 8. The minimum Gasteiger partial charge on any atom is -0.385 e. The molecular weight excluding hydrogens is 322 g/mol. The Bertz CT molecular complexity index is 732. The van der Waals surface area contributed by atoms with Crippen LogP contribution >= 0.6 is 0 Å². The molecule has 3 rings (SSSR count). The summed E-state index contributed by atoms with van der Waals surface area (Å²) in [6.45, 7) is 2.69. The molecule has 0 bridgehead atoms. The van der Waals surface area contributed by atoms with E-state index in [0.717, 1.165) is 38.5 Å². The first-order valence-corrected chi connectivity index (χ1v) is 9.66. The minimum atomic E-state index is 0.392. The Hall–Kier alpha value is -2.07. The van der Waals surface area contributed by atoms with Crippen LogP contribution in [0.15, 0.2) is 47.5 Å². The molecule has 2 aromatic rings. The van der Waals surface area contributed by atoms with Gasteiger partial charge in [-0.2, -0.15) is 0 Å². The molecule has 1 saturated carbocycles. The van der Waals surface area contributed by atoms with E-state index in [-0.39, 0.29) is 0 Å². The molecule has 2 aromatic carbocycles. The van der Waals surface area contributed by atoms with Gasteiger partial charge in [-0.3, -0.25) is 4.99 Å². The van der Waals surface area contributed by atoms with Gasteiger partial charge in [0.1, 0.15) is 0 Å². The van der Waals surface area contributed by atoms with Crippen LogP contribution < -0.4 is 10.6 Å². The van der Waals surface area contributed by atoms with Crippen LogP contribution in [0, 0.1) is 5.41 Å². The van der Waals surface area contributed by atoms with Crippen molar-refractivity contribution in [3.63, 3.8) is 0 Å². The average Bonchev–Trinajstić information content (AvgIpc) is 2.65. The Morgan fingerprint density at radius 1 is 1.12 bits per heavy atom. The second-order valence-electron chi connectivity index (χ2n) is 7.34. The van der Waals surface area contributed by atoms with Crippen LogP contribution in [0.3, 0.4) is 0 Å². The lowest BCUT2D eigenvalue weighted by atomic mass is 9.67. The summed E-state index contributed by atoms with van der Waals surface area (Å²) in [5.41, 5.74) is 1.77. The number of benzene rings is 2. The number of ether oxygens (including phenoxy) is 1. The van der Waals surface area contributed by atoms with Crippen LogP contribution in [0.5, 0.6) is 0 Å². The quantitative estimate of drug-likeness (QED) is 0.561. The van der Waals surface area contributed by atoms with Gasteiger partial charge in [-0.15, -0.1) is 0 Å². The number of aliphatic imine (C=N–C) groups is 1. The molecule has 4 heteroatoms. The van der Waals surface area contributed by atoms with Crippen LogP contribution in [0.1, 0.15) is 31.2 Å². The van der Waals surface area contributed by atoms with Gasteiger partial charge in [0, 0.05) is 33.9 Å². The van der Waals surface area contributed by atoms with Gasteiger partial charge in [0.25, 0.3) is 0 Å². The van der Waals surface area contributed by atoms with Gasteiger partial charge in [0.05, 0.1) is 0 Å². The first-order valence-electron chi connectivity index (χ1n) is 9.66. The molecule has 0 amide bonds. The number of fused-ring (bicyclic) bond motifs is 1. The van der Waals surface area contributed by atoms with Crippen molar-refractivity contribution >= 4 is 16.7 Å². The maximum absolute atomic E-state index is 5.28. The lowest BCUT2D eigenvalue weighted by molar-refractivity contribution is 0.0732. The van der Waals surface area contributed by atoms with E-state index in [2.05, 4.69) is 58.1 Å². The number of hydrogen-bond acceptors (Lipinski definition) is 2. The first kappa shape index (κ1) is 18.7. The maximum Gasteiger partial charge on any atom is 0.191 e. The van der Waals surface area contributed by atoms with Crippen LogP contribution in [0.4, 0.5) is 0 Å². The largest absolute Gasteiger partial charge is 0.385 e. The predicted octanol–water partition coefficient (Wildman–Crippen LogP) is 3.75. The van der Waals surface area contributed by atoms with Crippen molar-refractivity contribution in [2.24, 2.45) is 10.4 Å². The molecule has 0 atom stereocenters. The van der Waals surface area contributed by atoms with Gasteiger partial charge in [-0.1, -0.05) is 48.9 Å². The van der Waals surface area contributed by atoms with Crippen molar-refractivity contribution in [3.05, 3.63) is 48.0 Å². The standard InChI is InChI=1S/C22H31N3O/c1-23-21(25-17-22(12-6-13-22)14-16-26-2)24-15-11-19-9-5-8-18-7-3-4-10-20(18)19/h3-5,7-10H,6,11-17H2,1-2H3,(H2,23,24,25). The molecule has 1 aliphatic carbocycles. The highest BCUT2D eigenvalue weighted by Crippen LogP contribution is 2.43. The van der Waals surface area contributed by atoms with Crippen LogP contribution in [-0.4, -0.2) is 39.8 Å². The summed E-state index contributed by atoms with van der Waals surface area (Å²) < 4.78 is 5.28. The van der Waals surface area contributed by atoms with Gasteiger partial charge in [-0.25, -0.2) is 0 Å². The zero-order valence-electron chi connectivity index (χ0n) is 16.1. The highest BCUT2D eigenvalue weighted by Gasteiger charge is 2.36. The third-order valence-corrected chi connectivity index (χ3v) is 5.67. The maximum atomic E-state index is 5.28. The zero-order chi connectivity index (χ0) is 18.2. The lowest BCUT2D eigenvalue weighted by Gasteiger charge is -2.42. The predicted molar refractivity (Wildman–Crippen MR) is 110 cm³/mol. The molecule has 0 heterocycles. The number of nitrogens with zero attached hydrogens (tertiary/aromatic N) is 1. The van der Waals surface area contributed by atoms with Crippen LogP contribution in [-0.2, 0) is 11.2 Å². The smallest absolute Gasteiger partial charge is 0.191 e. The second-order valence-corrected chi connectivity index (χ2v) is 7.34. The van der Waals surface area contributed by atoms with Gasteiger partial charge in [0.2, 0.25) is 0 Å². The Labute approximate surface area is 157 Å². The molecule has 0 aromatic heterocycles. The van der Waals surface area contributed by atoms with Crippen molar-refractivity contribution in [1.82, 2.24) is 10.6 Å². The van der Waals surface area contributed by atoms with E-state index in [1.807, 2.05) is 7.05 Å². The van der Waals surface area contributed by atoms with E-state index in [0.29, 0.717) is 5.41 Å². The van der Waals surface area contributed by atoms with E-state index >= 15 is 0 Å². The van der Waals surface area contributed by atoms with Crippen molar-refractivity contribution in [2.75, 3.05) is 33.9 Å². The number of hydrogen-bond donors (Lipinski definition) is 2. The highest BCUT2D eigenvalue weighted by molar-refractivity contribution is 5.85. The summed E-state index contributed by atoms with van der Waals surface area (Å²) in [7, 11) is 3.63. The molecule has 0 saturated heterocycles. The molecular formula is C22H31N3O. The first-order chi connectivity index (χ1) is 12.8. The number of nitrogens with one attached hydrogen (secondary N) is 2. The minimum absolute atomic E-state index is 0.392. The molecule has 0 radical (unpaired) electrons. The fraction of sp³-hybridized carbons (Fsp3) is 0.500. The molecule has 4 nitrogen and oxygen atoms in total. The Morgan fingerprint density at radius 3 is 2.65 bits per heavy atom. The fourth-order valence-electron chi connectivity index (χ4n) is 3.83. The van der Waals surface area contributed by atoms with E-state index < -0.39 is 0 Å². The molecule has 26 heavy (non-hydrogen) atoms. The average molecular weight is 354 g/mol. The monoisotopic (exact) mass is 353 g/mol. The van der Waals surface area contributed by atoms with E-state index in [9.17, 15) is 0 Å². The van der Waals surface area contributed by atoms with Crippen molar-refractivity contribution in [1.29, 1.82) is 0 Å². The van der Waals surface area contributed by atoms with E-state index in [4.69, 9.17) is 4.74 Å². The summed E-state index contributed by atoms with van der Waals surface area (Å²) in [6, 6.07) is 15.1. The van der Waals surface area contributed by atoms with E-state index in [1.165, 1.54) is 35.6 Å². The SMILES string of the molecule is CN=C(NCCc1cccc2ccccc12)NCC1(CCOC)CCC1. The van der Waals surface area contributed by atoms with Gasteiger partial charge >= 0.3 is 0 Å². The highest BCUT2D eigenvalue weighted by atomic mass is 16.5. The molecule has 0 unspecified atom stereocenters. The Kier molecular flexibility index (Phi) is 6.51. The normalized spacial score (nSPS) is 16.3. The lowest BCUT2D eigenvalue weighted by Crippen LogP contribution is -2.47. The molecule has 1 fully saturated rings. The summed E-state index contributed by atoms with van der Waals surface area (Å²) in [5.74, 6) is 0.897. The summed E-state index contributed by atoms with van der Waals surface area (Å²) in [5, 5.41) is 9.64. The summed E-state index contributed by atoms with van der Waals surface area (Å²) >= 11 is 0. The van der Waals surface area contributed by atoms with Gasteiger partial charge < -0.3 is 15.4 Å². The second kappa shape index (κ2) is 9.04. The summed E-state index contributed by atoms with van der Waals surface area (Å²) in [4.78, 5) is 4.39. The zero-order valence-corrected chi connectivity index (χ0v) is 16.1. The van der Waals surface area contributed by atoms with Crippen LogP contribution in [0.2, 0.25) is 0 Å². The topological polar surface area (TPSA) is 45.7 Å². The molecule has 1 aliphatic rings. The van der Waals surface area contributed by atoms with Crippen molar-refractivity contribution < 1.29 is 4.74 Å². The molecule has 0 aliphatic heterocycles. The van der Waals surface area contributed by atoms with Gasteiger partial charge in [-0.05, 0) is 47.4 Å². The van der Waals surface area contributed by atoms with Crippen molar-refractivity contribution in [2.45, 2.75) is 32.1 Å². The van der Waals surface area contributed by atoms with Crippen molar-refractivity contribution in [3.8, 4) is 0 Å². The van der Waals surface area contributed by atoms with Gasteiger partial charge in [0.15, 0.2) is 5.96 Å². The Balaban J connectivity index is 1.50. The third kappa shape index (κ3) is 4.55. The van der Waals surface area contributed by atoms with E-state index in [1.54, 1.807) is 7.11 Å². The molecule has 0 spiro atoms. The number of methoxy groups -OCH3 is 1. The third-order valence-electron chi connectivity index (χ3n) is 5.67. The molecule has 2 N–H and O–H groups in total. The van der Waals surface area contributed by atoms with Crippen LogP contribution in [0.25, 0.3) is 10.8 Å². The summed E-state index contributed by atoms with van der Waals surface area (Å²) in [6.07, 6.45) is 6.02. The number of guanidine groups is 1.